The predicted octanol–water partition coefficient (Wildman–Crippen LogP) is 0.760. The third-order valence-electron chi connectivity index (χ3n) is 2.82. The molecular formula is C11H24N2O3S. The summed E-state index contributed by atoms with van der Waals surface area (Å²) in [5.74, 6) is 0.343. The second-order valence-electron chi connectivity index (χ2n) is 5.88. The van der Waals surface area contributed by atoms with Crippen molar-refractivity contribution >= 4 is 10.2 Å². The van der Waals surface area contributed by atoms with E-state index in [0.29, 0.717) is 12.5 Å². The van der Waals surface area contributed by atoms with Crippen LogP contribution in [0.25, 0.3) is 0 Å². The highest BCUT2D eigenvalue weighted by Gasteiger charge is 2.23. The number of rotatable bonds is 4. The first-order valence-electron chi connectivity index (χ1n) is 6.14. The molecule has 0 atom stereocenters. The maximum absolute atomic E-state index is 11.7. The van der Waals surface area contributed by atoms with E-state index >= 15 is 0 Å². The van der Waals surface area contributed by atoms with Crippen molar-refractivity contribution in [2.75, 3.05) is 6.54 Å². The Balaban J connectivity index is 2.35. The lowest BCUT2D eigenvalue weighted by molar-refractivity contribution is 0.109. The summed E-state index contributed by atoms with van der Waals surface area (Å²) < 4.78 is 28.5. The maximum atomic E-state index is 11.7. The molecular weight excluding hydrogens is 240 g/mol. The lowest BCUT2D eigenvalue weighted by Gasteiger charge is -2.26. The lowest BCUT2D eigenvalue weighted by atomic mass is 9.88. The van der Waals surface area contributed by atoms with Crippen LogP contribution < -0.4 is 9.44 Å². The third-order valence-corrected chi connectivity index (χ3v) is 4.25. The van der Waals surface area contributed by atoms with E-state index in [1.807, 2.05) is 20.8 Å². The van der Waals surface area contributed by atoms with Crippen LogP contribution in [0.1, 0.15) is 46.5 Å². The van der Waals surface area contributed by atoms with Gasteiger partial charge in [0, 0.05) is 12.1 Å². The number of hydrogen-bond acceptors (Lipinski definition) is 3. The van der Waals surface area contributed by atoms with Crippen LogP contribution in [0.2, 0.25) is 0 Å². The summed E-state index contributed by atoms with van der Waals surface area (Å²) in [5, 5.41) is 9.36. The highest BCUT2D eigenvalue weighted by atomic mass is 32.2. The molecule has 1 fully saturated rings. The molecule has 0 bridgehead atoms. The second-order valence-corrected chi connectivity index (χ2v) is 7.38. The quantitative estimate of drug-likeness (QED) is 0.701. The molecule has 0 saturated heterocycles. The topological polar surface area (TPSA) is 78.4 Å². The number of aliphatic hydroxyl groups is 1. The van der Waals surface area contributed by atoms with Gasteiger partial charge in [-0.05, 0) is 52.4 Å². The minimum absolute atomic E-state index is 0.199. The molecule has 0 aromatic heterocycles. The van der Waals surface area contributed by atoms with Gasteiger partial charge in [0.05, 0.1) is 6.10 Å². The minimum Gasteiger partial charge on any atom is -0.393 e. The Morgan fingerprint density at radius 2 is 1.71 bits per heavy atom. The molecule has 1 saturated carbocycles. The number of hydrogen-bond donors (Lipinski definition) is 3. The minimum atomic E-state index is -3.41. The molecule has 1 aliphatic rings. The Morgan fingerprint density at radius 1 is 1.18 bits per heavy atom. The molecule has 1 rings (SSSR count). The highest BCUT2D eigenvalue weighted by molar-refractivity contribution is 7.87. The van der Waals surface area contributed by atoms with E-state index in [9.17, 15) is 13.5 Å². The van der Waals surface area contributed by atoms with Gasteiger partial charge in [-0.25, -0.2) is 4.72 Å². The van der Waals surface area contributed by atoms with Crippen molar-refractivity contribution in [1.29, 1.82) is 0 Å². The van der Waals surface area contributed by atoms with Gasteiger partial charge in [0.15, 0.2) is 0 Å². The Kier molecular flexibility index (Phi) is 4.95. The molecule has 0 spiro atoms. The largest absolute Gasteiger partial charge is 0.393 e. The summed E-state index contributed by atoms with van der Waals surface area (Å²) in [6.07, 6.45) is 3.13. The fourth-order valence-electron chi connectivity index (χ4n) is 2.02. The molecule has 0 radical (unpaired) electrons. The van der Waals surface area contributed by atoms with Crippen LogP contribution in [0.15, 0.2) is 0 Å². The Labute approximate surface area is 104 Å². The zero-order valence-corrected chi connectivity index (χ0v) is 11.7. The first-order valence-corrected chi connectivity index (χ1v) is 7.63. The second kappa shape index (κ2) is 5.65. The Morgan fingerprint density at radius 3 is 2.18 bits per heavy atom. The lowest BCUT2D eigenvalue weighted by Crippen LogP contribution is -2.48. The fourth-order valence-corrected chi connectivity index (χ4v) is 3.35. The van der Waals surface area contributed by atoms with Crippen LogP contribution in [0.3, 0.4) is 0 Å². The molecule has 0 heterocycles. The molecule has 0 aromatic carbocycles. The van der Waals surface area contributed by atoms with Gasteiger partial charge < -0.3 is 5.11 Å². The molecule has 6 heteroatoms. The third kappa shape index (κ3) is 6.35. The standard InChI is InChI=1S/C11H24N2O3S/c1-11(2,3)13-17(15,16)12-8-9-4-6-10(14)7-5-9/h9-10,12-14H,4-8H2,1-3H3. The molecule has 1 aliphatic carbocycles. The van der Waals surface area contributed by atoms with E-state index in [2.05, 4.69) is 9.44 Å². The first kappa shape index (κ1) is 14.9. The number of aliphatic hydroxyl groups excluding tert-OH is 1. The zero-order chi connectivity index (χ0) is 13.1. The van der Waals surface area contributed by atoms with Crippen LogP contribution in [0.4, 0.5) is 0 Å². The van der Waals surface area contributed by atoms with E-state index in [0.717, 1.165) is 25.7 Å². The summed E-state index contributed by atoms with van der Waals surface area (Å²) in [6.45, 7) is 5.88. The van der Waals surface area contributed by atoms with E-state index in [1.165, 1.54) is 0 Å². The van der Waals surface area contributed by atoms with Gasteiger partial charge in [0.25, 0.3) is 10.2 Å². The van der Waals surface area contributed by atoms with Crippen LogP contribution >= 0.6 is 0 Å². The fraction of sp³-hybridized carbons (Fsp3) is 1.00. The van der Waals surface area contributed by atoms with Gasteiger partial charge in [-0.1, -0.05) is 0 Å². The highest BCUT2D eigenvalue weighted by Crippen LogP contribution is 2.23. The summed E-state index contributed by atoms with van der Waals surface area (Å²) in [5.41, 5.74) is -0.464. The van der Waals surface area contributed by atoms with Gasteiger partial charge >= 0.3 is 0 Å². The molecule has 0 unspecified atom stereocenters. The van der Waals surface area contributed by atoms with E-state index < -0.39 is 15.7 Å². The number of nitrogens with one attached hydrogen (secondary N) is 2. The summed E-state index contributed by atoms with van der Waals surface area (Å²) in [7, 11) is -3.41. The molecule has 0 amide bonds. The van der Waals surface area contributed by atoms with Crippen molar-refractivity contribution in [2.45, 2.75) is 58.1 Å². The van der Waals surface area contributed by atoms with Crippen molar-refractivity contribution in [3.05, 3.63) is 0 Å². The van der Waals surface area contributed by atoms with Crippen molar-refractivity contribution in [3.63, 3.8) is 0 Å². The van der Waals surface area contributed by atoms with Gasteiger partial charge in [-0.15, -0.1) is 0 Å². The smallest absolute Gasteiger partial charge is 0.277 e. The van der Waals surface area contributed by atoms with Gasteiger partial charge in [-0.2, -0.15) is 13.1 Å². The SMILES string of the molecule is CC(C)(C)NS(=O)(=O)NCC1CCC(O)CC1. The van der Waals surface area contributed by atoms with Crippen molar-refractivity contribution in [3.8, 4) is 0 Å². The van der Waals surface area contributed by atoms with Gasteiger partial charge in [0.1, 0.15) is 0 Å². The Hall–Kier alpha value is -0.170. The molecule has 0 aromatic rings. The zero-order valence-electron chi connectivity index (χ0n) is 10.9. The first-order chi connectivity index (χ1) is 7.68. The summed E-state index contributed by atoms with van der Waals surface area (Å²) in [6, 6.07) is 0. The van der Waals surface area contributed by atoms with E-state index in [-0.39, 0.29) is 6.10 Å². The summed E-state index contributed by atoms with van der Waals surface area (Å²) in [4.78, 5) is 0. The molecule has 0 aliphatic heterocycles. The van der Waals surface area contributed by atoms with E-state index in [1.54, 1.807) is 0 Å². The summed E-state index contributed by atoms with van der Waals surface area (Å²) >= 11 is 0. The predicted molar refractivity (Wildman–Crippen MR) is 67.8 cm³/mol. The van der Waals surface area contributed by atoms with Crippen LogP contribution in [-0.4, -0.2) is 31.7 Å². The van der Waals surface area contributed by atoms with Crippen LogP contribution in [0.5, 0.6) is 0 Å². The van der Waals surface area contributed by atoms with E-state index in [4.69, 9.17) is 0 Å². The van der Waals surface area contributed by atoms with Crippen molar-refractivity contribution in [1.82, 2.24) is 9.44 Å². The van der Waals surface area contributed by atoms with Gasteiger partial charge in [0.2, 0.25) is 0 Å². The molecule has 3 N–H and O–H groups in total. The molecule has 17 heavy (non-hydrogen) atoms. The average Bonchev–Trinajstić information content (AvgIpc) is 2.13. The van der Waals surface area contributed by atoms with Crippen molar-refractivity contribution < 1.29 is 13.5 Å². The average molecular weight is 264 g/mol. The van der Waals surface area contributed by atoms with Gasteiger partial charge in [-0.3, -0.25) is 0 Å². The molecule has 102 valence electrons. The normalized spacial score (nSPS) is 27.1. The maximum Gasteiger partial charge on any atom is 0.277 e. The van der Waals surface area contributed by atoms with Crippen LogP contribution in [-0.2, 0) is 10.2 Å². The van der Waals surface area contributed by atoms with Crippen LogP contribution in [0, 0.1) is 5.92 Å². The van der Waals surface area contributed by atoms with Crippen molar-refractivity contribution in [2.24, 2.45) is 5.92 Å². The monoisotopic (exact) mass is 264 g/mol. The molecule has 5 nitrogen and oxygen atoms in total. The Bertz CT molecular complexity index is 327.